The van der Waals surface area contributed by atoms with Gasteiger partial charge in [-0.3, -0.25) is 4.79 Å². The predicted octanol–water partition coefficient (Wildman–Crippen LogP) is 1.69. The summed E-state index contributed by atoms with van der Waals surface area (Å²) in [6.07, 6.45) is 0. The first-order valence-corrected chi connectivity index (χ1v) is 9.60. The maximum atomic E-state index is 12.0. The Morgan fingerprint density at radius 2 is 1.60 bits per heavy atom. The minimum atomic E-state index is -3.62. The van der Waals surface area contributed by atoms with Crippen LogP contribution in [0.5, 0.6) is 0 Å². The fraction of sp³-hybridized carbons (Fsp3) is 0.529. The van der Waals surface area contributed by atoms with E-state index in [2.05, 4.69) is 10.0 Å². The Morgan fingerprint density at radius 3 is 2.08 bits per heavy atom. The molecule has 25 heavy (non-hydrogen) atoms. The maximum Gasteiger partial charge on any atom is 0.338 e. The highest BCUT2D eigenvalue weighted by molar-refractivity contribution is 7.89. The van der Waals surface area contributed by atoms with Crippen LogP contribution in [-0.4, -0.2) is 39.0 Å². The Kier molecular flexibility index (Phi) is 7.57. The van der Waals surface area contributed by atoms with E-state index in [1.54, 1.807) is 13.8 Å². The lowest BCUT2D eigenvalue weighted by atomic mass is 10.1. The van der Waals surface area contributed by atoms with Gasteiger partial charge in [0.1, 0.15) is 0 Å². The van der Waals surface area contributed by atoms with Crippen LogP contribution in [0.2, 0.25) is 0 Å². The van der Waals surface area contributed by atoms with E-state index in [1.807, 2.05) is 20.8 Å². The number of rotatable bonds is 8. The van der Waals surface area contributed by atoms with Gasteiger partial charge in [0.2, 0.25) is 10.0 Å². The van der Waals surface area contributed by atoms with E-state index in [0.29, 0.717) is 0 Å². The number of carbonyl (C=O) groups excluding carboxylic acids is 2. The highest BCUT2D eigenvalue weighted by Gasteiger charge is 2.17. The number of hydrogen-bond donors (Lipinski definition) is 2. The summed E-state index contributed by atoms with van der Waals surface area (Å²) >= 11 is 0. The molecule has 0 aliphatic carbocycles. The van der Waals surface area contributed by atoms with Crippen LogP contribution in [0, 0.1) is 5.92 Å². The van der Waals surface area contributed by atoms with Crippen molar-refractivity contribution in [3.8, 4) is 0 Å². The Bertz CT molecular complexity index is 696. The zero-order valence-electron chi connectivity index (χ0n) is 15.2. The lowest BCUT2D eigenvalue weighted by Crippen LogP contribution is -2.38. The summed E-state index contributed by atoms with van der Waals surface area (Å²) < 4.78 is 31.4. The van der Waals surface area contributed by atoms with Crippen LogP contribution in [0.4, 0.5) is 0 Å². The zero-order chi connectivity index (χ0) is 19.2. The van der Waals surface area contributed by atoms with Crippen LogP contribution in [0.3, 0.4) is 0 Å². The molecule has 0 bridgehead atoms. The monoisotopic (exact) mass is 370 g/mol. The van der Waals surface area contributed by atoms with Crippen molar-refractivity contribution in [3.05, 3.63) is 29.8 Å². The van der Waals surface area contributed by atoms with E-state index in [-0.39, 0.29) is 41.0 Å². The quantitative estimate of drug-likeness (QED) is 0.678. The average Bonchev–Trinajstić information content (AvgIpc) is 2.51. The van der Waals surface area contributed by atoms with Gasteiger partial charge in [0, 0.05) is 12.1 Å². The Hall–Kier alpha value is -1.93. The Morgan fingerprint density at radius 1 is 1.04 bits per heavy atom. The molecule has 1 rings (SSSR count). The first-order valence-electron chi connectivity index (χ1n) is 8.11. The smallest absolute Gasteiger partial charge is 0.338 e. The number of nitrogens with one attached hydrogen (secondary N) is 2. The van der Waals surface area contributed by atoms with Gasteiger partial charge in [0.05, 0.1) is 10.5 Å². The summed E-state index contributed by atoms with van der Waals surface area (Å²) in [6, 6.07) is 5.09. The molecule has 0 aromatic heterocycles. The number of carbonyl (C=O) groups is 2. The first kappa shape index (κ1) is 21.1. The summed E-state index contributed by atoms with van der Waals surface area (Å²) in [7, 11) is -3.62. The zero-order valence-corrected chi connectivity index (χ0v) is 16.0. The van der Waals surface area contributed by atoms with Crippen molar-refractivity contribution in [1.29, 1.82) is 0 Å². The van der Waals surface area contributed by atoms with E-state index in [9.17, 15) is 18.0 Å². The third-order valence-corrected chi connectivity index (χ3v) is 5.19. The van der Waals surface area contributed by atoms with Crippen LogP contribution in [0.25, 0.3) is 0 Å². The average molecular weight is 370 g/mol. The molecule has 0 fully saturated rings. The largest absolute Gasteiger partial charge is 0.452 e. The molecule has 0 aliphatic heterocycles. The molecule has 0 radical (unpaired) electrons. The first-order chi connectivity index (χ1) is 11.5. The highest BCUT2D eigenvalue weighted by atomic mass is 32.2. The maximum absolute atomic E-state index is 12.0. The molecule has 1 amide bonds. The number of benzene rings is 1. The van der Waals surface area contributed by atoms with Crippen molar-refractivity contribution in [2.24, 2.45) is 5.92 Å². The van der Waals surface area contributed by atoms with Gasteiger partial charge in [-0.05, 0) is 51.0 Å². The molecule has 2 N–H and O–H groups in total. The highest BCUT2D eigenvalue weighted by Crippen LogP contribution is 2.12. The van der Waals surface area contributed by atoms with Crippen LogP contribution in [0.15, 0.2) is 29.2 Å². The fourth-order valence-corrected chi connectivity index (χ4v) is 3.08. The summed E-state index contributed by atoms with van der Waals surface area (Å²) in [6.45, 7) is 8.87. The molecular formula is C17H26N2O5S. The van der Waals surface area contributed by atoms with Crippen molar-refractivity contribution in [1.82, 2.24) is 10.0 Å². The minimum Gasteiger partial charge on any atom is -0.452 e. The molecule has 0 aliphatic rings. The van der Waals surface area contributed by atoms with Crippen molar-refractivity contribution in [2.75, 3.05) is 6.61 Å². The van der Waals surface area contributed by atoms with Crippen LogP contribution < -0.4 is 10.0 Å². The summed E-state index contributed by atoms with van der Waals surface area (Å²) in [5.74, 6) is -0.795. The van der Waals surface area contributed by atoms with Gasteiger partial charge in [-0.1, -0.05) is 13.8 Å². The molecule has 0 spiro atoms. The van der Waals surface area contributed by atoms with Crippen molar-refractivity contribution in [2.45, 2.75) is 51.6 Å². The number of esters is 1. The number of amides is 1. The Labute approximate surface area is 149 Å². The van der Waals surface area contributed by atoms with Gasteiger partial charge in [-0.25, -0.2) is 17.9 Å². The molecule has 1 atom stereocenters. The van der Waals surface area contributed by atoms with Gasteiger partial charge >= 0.3 is 5.97 Å². The van der Waals surface area contributed by atoms with Crippen LogP contribution in [-0.2, 0) is 19.6 Å². The van der Waals surface area contributed by atoms with E-state index in [1.165, 1.54) is 24.3 Å². The van der Waals surface area contributed by atoms with Crippen molar-refractivity contribution >= 4 is 21.9 Å². The van der Waals surface area contributed by atoms with Gasteiger partial charge in [0.25, 0.3) is 5.91 Å². The topological polar surface area (TPSA) is 102 Å². The van der Waals surface area contributed by atoms with Crippen molar-refractivity contribution < 1.29 is 22.7 Å². The number of hydrogen-bond acceptors (Lipinski definition) is 5. The summed E-state index contributed by atoms with van der Waals surface area (Å²) in [5, 5.41) is 2.73. The van der Waals surface area contributed by atoms with Crippen LogP contribution in [0.1, 0.15) is 45.0 Å². The second kappa shape index (κ2) is 8.96. The summed E-state index contributed by atoms with van der Waals surface area (Å²) in [4.78, 5) is 23.7. The molecule has 7 nitrogen and oxygen atoms in total. The molecule has 1 unspecified atom stereocenters. The minimum absolute atomic E-state index is 0.0239. The molecule has 140 valence electrons. The van der Waals surface area contributed by atoms with Crippen LogP contribution >= 0.6 is 0 Å². The van der Waals surface area contributed by atoms with Gasteiger partial charge in [-0.2, -0.15) is 0 Å². The number of ether oxygens (including phenoxy) is 1. The molecule has 0 heterocycles. The Balaban J connectivity index is 2.64. The molecule has 1 aromatic carbocycles. The summed E-state index contributed by atoms with van der Waals surface area (Å²) in [5.41, 5.74) is 0.174. The van der Waals surface area contributed by atoms with E-state index in [4.69, 9.17) is 4.74 Å². The van der Waals surface area contributed by atoms with E-state index < -0.39 is 16.0 Å². The standard InChI is InChI=1S/C17H26N2O5S/c1-11(2)13(5)18-16(20)10-24-17(21)14-6-8-15(9-7-14)25(22,23)19-12(3)4/h6-9,11-13,19H,10H2,1-5H3,(H,18,20). The predicted molar refractivity (Wildman–Crippen MR) is 94.6 cm³/mol. The molecular weight excluding hydrogens is 344 g/mol. The lowest BCUT2D eigenvalue weighted by Gasteiger charge is -2.17. The third kappa shape index (κ3) is 6.83. The van der Waals surface area contributed by atoms with E-state index in [0.717, 1.165) is 0 Å². The second-order valence-electron chi connectivity index (χ2n) is 6.48. The van der Waals surface area contributed by atoms with Gasteiger partial charge in [0.15, 0.2) is 6.61 Å². The normalized spacial score (nSPS) is 12.9. The van der Waals surface area contributed by atoms with Gasteiger partial charge in [-0.15, -0.1) is 0 Å². The molecule has 1 aromatic rings. The third-order valence-electron chi connectivity index (χ3n) is 3.51. The van der Waals surface area contributed by atoms with Gasteiger partial charge < -0.3 is 10.1 Å². The lowest BCUT2D eigenvalue weighted by molar-refractivity contribution is -0.125. The van der Waals surface area contributed by atoms with Crippen molar-refractivity contribution in [3.63, 3.8) is 0 Å². The van der Waals surface area contributed by atoms with E-state index >= 15 is 0 Å². The fourth-order valence-electron chi connectivity index (χ4n) is 1.83. The molecule has 0 saturated heterocycles. The molecule has 0 saturated carbocycles. The second-order valence-corrected chi connectivity index (χ2v) is 8.19. The molecule has 8 heteroatoms. The SMILES string of the molecule is CC(C)NS(=O)(=O)c1ccc(C(=O)OCC(=O)NC(C)C(C)C)cc1. The number of sulfonamides is 1.